The predicted molar refractivity (Wildman–Crippen MR) is 93.8 cm³/mol. The number of hydrogen-bond donors (Lipinski definition) is 1. The van der Waals surface area contributed by atoms with Gasteiger partial charge in [-0.25, -0.2) is 0 Å². The monoisotopic (exact) mass is 340 g/mol. The maximum atomic E-state index is 12.5. The largest absolute Gasteiger partial charge is 0.349 e. The summed E-state index contributed by atoms with van der Waals surface area (Å²) < 4.78 is 0. The number of amides is 2. The molecule has 1 aromatic carbocycles. The summed E-state index contributed by atoms with van der Waals surface area (Å²) in [5.74, 6) is 0.773. The van der Waals surface area contributed by atoms with Gasteiger partial charge in [0.1, 0.15) is 0 Å². The summed E-state index contributed by atoms with van der Waals surface area (Å²) in [6.07, 6.45) is 0.413. The van der Waals surface area contributed by atoms with E-state index in [0.29, 0.717) is 12.3 Å². The third-order valence-electron chi connectivity index (χ3n) is 5.23. The SMILES string of the molecule is CC(=O)N1C[C@H]2[C@@H](C1)c1ccccc1[C@@H]2NC(=O)Cc1ccsc1. The van der Waals surface area contributed by atoms with Crippen molar-refractivity contribution in [2.24, 2.45) is 5.92 Å². The first-order valence-electron chi connectivity index (χ1n) is 8.28. The van der Waals surface area contributed by atoms with E-state index < -0.39 is 0 Å². The van der Waals surface area contributed by atoms with Crippen molar-refractivity contribution in [2.75, 3.05) is 13.1 Å². The van der Waals surface area contributed by atoms with Gasteiger partial charge in [0, 0.05) is 31.8 Å². The van der Waals surface area contributed by atoms with Crippen LogP contribution >= 0.6 is 11.3 Å². The Morgan fingerprint density at radius 1 is 1.21 bits per heavy atom. The van der Waals surface area contributed by atoms with Gasteiger partial charge in [0.15, 0.2) is 0 Å². The highest BCUT2D eigenvalue weighted by Gasteiger charge is 2.47. The lowest BCUT2D eigenvalue weighted by Crippen LogP contribution is -2.35. The number of benzene rings is 1. The van der Waals surface area contributed by atoms with Crippen LogP contribution in [-0.4, -0.2) is 29.8 Å². The summed E-state index contributed by atoms with van der Waals surface area (Å²) in [6, 6.07) is 10.3. The second kappa shape index (κ2) is 6.06. The number of hydrogen-bond acceptors (Lipinski definition) is 3. The molecule has 3 atom stereocenters. The standard InChI is InChI=1S/C19H20N2O2S/c1-12(22)21-9-16-14-4-2-3-5-15(14)19(17(16)10-21)20-18(23)8-13-6-7-24-11-13/h2-7,11,16-17,19H,8-10H2,1H3,(H,20,23)/t16-,17-,19-/m0/s1. The van der Waals surface area contributed by atoms with Gasteiger partial charge in [0.05, 0.1) is 12.5 Å². The zero-order chi connectivity index (χ0) is 16.7. The van der Waals surface area contributed by atoms with Crippen molar-refractivity contribution in [3.05, 3.63) is 57.8 Å². The van der Waals surface area contributed by atoms with Crippen molar-refractivity contribution in [1.29, 1.82) is 0 Å². The van der Waals surface area contributed by atoms with E-state index in [2.05, 4.69) is 17.4 Å². The second-order valence-electron chi connectivity index (χ2n) is 6.68. The molecule has 4 nitrogen and oxygen atoms in total. The first-order valence-corrected chi connectivity index (χ1v) is 9.22. The van der Waals surface area contributed by atoms with Crippen molar-refractivity contribution < 1.29 is 9.59 Å². The lowest BCUT2D eigenvalue weighted by atomic mass is 9.94. The number of fused-ring (bicyclic) bond motifs is 3. The molecule has 2 aliphatic rings. The molecule has 4 rings (SSSR count). The van der Waals surface area contributed by atoms with Gasteiger partial charge in [-0.2, -0.15) is 11.3 Å². The number of carbonyl (C=O) groups is 2. The summed E-state index contributed by atoms with van der Waals surface area (Å²) in [5.41, 5.74) is 3.55. The topological polar surface area (TPSA) is 49.4 Å². The number of nitrogens with zero attached hydrogens (tertiary/aromatic N) is 1. The van der Waals surface area contributed by atoms with Crippen LogP contribution in [0.4, 0.5) is 0 Å². The maximum absolute atomic E-state index is 12.5. The van der Waals surface area contributed by atoms with E-state index in [4.69, 9.17) is 0 Å². The normalized spacial score (nSPS) is 24.5. The highest BCUT2D eigenvalue weighted by molar-refractivity contribution is 7.08. The smallest absolute Gasteiger partial charge is 0.224 e. The predicted octanol–water partition coefficient (Wildman–Crippen LogP) is 2.72. The summed E-state index contributed by atoms with van der Waals surface area (Å²) in [5, 5.41) is 7.24. The van der Waals surface area contributed by atoms with Crippen LogP contribution in [0.5, 0.6) is 0 Å². The summed E-state index contributed by atoms with van der Waals surface area (Å²) in [7, 11) is 0. The number of carbonyl (C=O) groups excluding carboxylic acids is 2. The lowest BCUT2D eigenvalue weighted by molar-refractivity contribution is -0.128. The molecule has 0 saturated carbocycles. The van der Waals surface area contributed by atoms with E-state index in [0.717, 1.165) is 18.7 Å². The molecule has 124 valence electrons. The van der Waals surface area contributed by atoms with Gasteiger partial charge in [-0.1, -0.05) is 24.3 Å². The molecule has 2 aromatic rings. The summed E-state index contributed by atoms with van der Waals surface area (Å²) in [6.45, 7) is 3.10. The fourth-order valence-electron chi connectivity index (χ4n) is 4.10. The minimum Gasteiger partial charge on any atom is -0.349 e. The molecule has 2 heterocycles. The average Bonchev–Trinajstić information content (AvgIpc) is 3.26. The van der Waals surface area contributed by atoms with E-state index >= 15 is 0 Å². The van der Waals surface area contributed by atoms with E-state index in [1.165, 1.54) is 11.1 Å². The fraction of sp³-hybridized carbons (Fsp3) is 0.368. The number of rotatable bonds is 3. The average molecular weight is 340 g/mol. The molecule has 0 spiro atoms. The molecule has 24 heavy (non-hydrogen) atoms. The molecule has 0 bridgehead atoms. The maximum Gasteiger partial charge on any atom is 0.224 e. The van der Waals surface area contributed by atoms with Crippen molar-refractivity contribution in [3.8, 4) is 0 Å². The zero-order valence-electron chi connectivity index (χ0n) is 13.6. The Bertz CT molecular complexity index is 771. The minimum atomic E-state index is 0.00156. The van der Waals surface area contributed by atoms with E-state index in [1.54, 1.807) is 18.3 Å². The Morgan fingerprint density at radius 2 is 2.00 bits per heavy atom. The van der Waals surface area contributed by atoms with Crippen LogP contribution in [0, 0.1) is 5.92 Å². The molecule has 1 aliphatic heterocycles. The van der Waals surface area contributed by atoms with Crippen LogP contribution in [-0.2, 0) is 16.0 Å². The van der Waals surface area contributed by atoms with Crippen LogP contribution in [0.25, 0.3) is 0 Å². The van der Waals surface area contributed by atoms with Crippen molar-refractivity contribution in [3.63, 3.8) is 0 Å². The molecule has 1 aliphatic carbocycles. The number of thiophene rings is 1. The van der Waals surface area contributed by atoms with E-state index in [9.17, 15) is 9.59 Å². The Labute approximate surface area is 145 Å². The van der Waals surface area contributed by atoms with Crippen molar-refractivity contribution >= 4 is 23.2 Å². The molecule has 2 amide bonds. The van der Waals surface area contributed by atoms with Gasteiger partial charge in [-0.3, -0.25) is 9.59 Å². The van der Waals surface area contributed by atoms with Gasteiger partial charge >= 0.3 is 0 Å². The van der Waals surface area contributed by atoms with E-state index in [-0.39, 0.29) is 23.8 Å². The molecule has 1 fully saturated rings. The van der Waals surface area contributed by atoms with Crippen LogP contribution < -0.4 is 5.32 Å². The third kappa shape index (κ3) is 2.63. The quantitative estimate of drug-likeness (QED) is 0.934. The summed E-state index contributed by atoms with van der Waals surface area (Å²) in [4.78, 5) is 26.2. The van der Waals surface area contributed by atoms with Gasteiger partial charge in [0.25, 0.3) is 0 Å². The van der Waals surface area contributed by atoms with Gasteiger partial charge in [-0.15, -0.1) is 0 Å². The zero-order valence-corrected chi connectivity index (χ0v) is 14.4. The molecular weight excluding hydrogens is 320 g/mol. The first-order chi connectivity index (χ1) is 11.6. The first kappa shape index (κ1) is 15.4. The van der Waals surface area contributed by atoms with Gasteiger partial charge < -0.3 is 10.2 Å². The molecule has 1 aromatic heterocycles. The molecule has 1 N–H and O–H groups in total. The van der Waals surface area contributed by atoms with Gasteiger partial charge in [0.2, 0.25) is 11.8 Å². The third-order valence-corrected chi connectivity index (χ3v) is 5.96. The van der Waals surface area contributed by atoms with Crippen LogP contribution in [0.2, 0.25) is 0 Å². The molecular formula is C19H20N2O2S. The fourth-order valence-corrected chi connectivity index (χ4v) is 4.77. The Balaban J connectivity index is 1.57. The van der Waals surface area contributed by atoms with Crippen LogP contribution in [0.1, 0.15) is 35.6 Å². The second-order valence-corrected chi connectivity index (χ2v) is 7.46. The summed E-state index contributed by atoms with van der Waals surface area (Å²) >= 11 is 1.61. The molecule has 0 radical (unpaired) electrons. The van der Waals surface area contributed by atoms with E-state index in [1.807, 2.05) is 33.9 Å². The molecule has 0 unspecified atom stereocenters. The highest BCUT2D eigenvalue weighted by Crippen LogP contribution is 2.49. The Morgan fingerprint density at radius 3 is 2.71 bits per heavy atom. The molecule has 1 saturated heterocycles. The number of nitrogens with one attached hydrogen (secondary N) is 1. The van der Waals surface area contributed by atoms with Gasteiger partial charge in [-0.05, 0) is 33.5 Å². The molecule has 5 heteroatoms. The van der Waals surface area contributed by atoms with Crippen LogP contribution in [0.15, 0.2) is 41.1 Å². The van der Waals surface area contributed by atoms with Crippen molar-refractivity contribution in [2.45, 2.75) is 25.3 Å². The Hall–Kier alpha value is -2.14. The van der Waals surface area contributed by atoms with Crippen LogP contribution in [0.3, 0.4) is 0 Å². The lowest BCUT2D eigenvalue weighted by Gasteiger charge is -2.22. The highest BCUT2D eigenvalue weighted by atomic mass is 32.1. The van der Waals surface area contributed by atoms with Crippen molar-refractivity contribution in [1.82, 2.24) is 10.2 Å². The minimum absolute atomic E-state index is 0.00156. The Kier molecular flexibility index (Phi) is 3.88. The number of likely N-dealkylation sites (tertiary alicyclic amines) is 1.